The van der Waals surface area contributed by atoms with E-state index in [9.17, 15) is 4.79 Å². The number of nitrogens with two attached hydrogens (primary N) is 1. The molecule has 0 atom stereocenters. The number of amidine groups is 1. The minimum atomic E-state index is -0.0976. The molecule has 3 rings (SSSR count). The van der Waals surface area contributed by atoms with Gasteiger partial charge in [0.25, 0.3) is 5.91 Å². The van der Waals surface area contributed by atoms with Crippen molar-refractivity contribution in [1.29, 1.82) is 0 Å². The molecule has 1 heterocycles. The lowest BCUT2D eigenvalue weighted by Crippen LogP contribution is -2.32. The molecule has 0 saturated carbocycles. The van der Waals surface area contributed by atoms with E-state index in [4.69, 9.17) is 10.6 Å². The van der Waals surface area contributed by atoms with Gasteiger partial charge in [-0.05, 0) is 30.0 Å². The summed E-state index contributed by atoms with van der Waals surface area (Å²) in [7, 11) is 0. The van der Waals surface area contributed by atoms with E-state index in [1.54, 1.807) is 4.90 Å². The fourth-order valence-corrected chi connectivity index (χ4v) is 2.81. The molecule has 1 amide bonds. The molecule has 0 fully saturated rings. The Bertz CT molecular complexity index is 728. The Kier molecular flexibility index (Phi) is 5.11. The van der Waals surface area contributed by atoms with Crippen molar-refractivity contribution in [3.05, 3.63) is 65.7 Å². The molecular formula is C19H21N3O2. The summed E-state index contributed by atoms with van der Waals surface area (Å²) >= 11 is 0. The van der Waals surface area contributed by atoms with Crippen molar-refractivity contribution in [2.24, 2.45) is 10.9 Å². The number of fused-ring (bicyclic) bond motifs is 1. The molecule has 2 aromatic rings. The minimum Gasteiger partial charge on any atom is -0.384 e. The average molecular weight is 323 g/mol. The molecule has 2 N–H and O–H groups in total. The Hall–Kier alpha value is -2.82. The topological polar surface area (TPSA) is 67.9 Å². The number of aryl methyl sites for hydroxylation is 1. The van der Waals surface area contributed by atoms with Crippen LogP contribution in [0.15, 0.2) is 59.8 Å². The molecule has 0 spiro atoms. The fraction of sp³-hybridized carbons (Fsp3) is 0.263. The molecule has 0 saturated heterocycles. The van der Waals surface area contributed by atoms with Crippen LogP contribution in [0.2, 0.25) is 0 Å². The fourth-order valence-electron chi connectivity index (χ4n) is 2.81. The molecule has 2 aromatic carbocycles. The molecule has 5 nitrogen and oxygen atoms in total. The Balaban J connectivity index is 1.46. The van der Waals surface area contributed by atoms with E-state index in [0.29, 0.717) is 18.8 Å². The summed E-state index contributed by atoms with van der Waals surface area (Å²) < 4.78 is 0. The van der Waals surface area contributed by atoms with E-state index >= 15 is 0 Å². The van der Waals surface area contributed by atoms with Gasteiger partial charge >= 0.3 is 0 Å². The van der Waals surface area contributed by atoms with Gasteiger partial charge in [0.1, 0.15) is 5.84 Å². The summed E-state index contributed by atoms with van der Waals surface area (Å²) in [5.41, 5.74) is 9.19. The van der Waals surface area contributed by atoms with Crippen LogP contribution in [-0.2, 0) is 22.5 Å². The van der Waals surface area contributed by atoms with Crippen LogP contribution in [0.25, 0.3) is 0 Å². The highest BCUT2D eigenvalue weighted by atomic mass is 16.6. The Morgan fingerprint density at radius 1 is 1.12 bits per heavy atom. The SMILES string of the molecule is N/C(CCc1ccccc1)=N\OCC(=O)N1CCc2ccccc21. The van der Waals surface area contributed by atoms with Crippen molar-refractivity contribution < 1.29 is 9.63 Å². The van der Waals surface area contributed by atoms with Crippen molar-refractivity contribution in [1.82, 2.24) is 0 Å². The maximum Gasteiger partial charge on any atom is 0.267 e. The first kappa shape index (κ1) is 16.1. The molecule has 5 heteroatoms. The van der Waals surface area contributed by atoms with E-state index in [2.05, 4.69) is 5.16 Å². The zero-order valence-corrected chi connectivity index (χ0v) is 13.5. The molecule has 124 valence electrons. The first-order chi connectivity index (χ1) is 11.7. The molecule has 0 radical (unpaired) electrons. The number of rotatable bonds is 6. The zero-order valence-electron chi connectivity index (χ0n) is 13.5. The Morgan fingerprint density at radius 3 is 2.71 bits per heavy atom. The standard InChI is InChI=1S/C19H21N3O2/c20-18(11-10-15-6-2-1-3-7-15)21-24-14-19(23)22-13-12-16-8-4-5-9-17(16)22/h1-9H,10-14H2,(H2,20,21). The molecule has 0 bridgehead atoms. The van der Waals surface area contributed by atoms with Gasteiger partial charge in [-0.2, -0.15) is 0 Å². The number of hydrogen-bond acceptors (Lipinski definition) is 3. The van der Waals surface area contributed by atoms with Gasteiger partial charge in [0.2, 0.25) is 0 Å². The molecule has 1 aliphatic heterocycles. The zero-order chi connectivity index (χ0) is 16.8. The second-order valence-corrected chi connectivity index (χ2v) is 5.77. The molecule has 1 aliphatic rings. The lowest BCUT2D eigenvalue weighted by Gasteiger charge is -2.16. The van der Waals surface area contributed by atoms with Crippen molar-refractivity contribution >= 4 is 17.4 Å². The van der Waals surface area contributed by atoms with Crippen LogP contribution >= 0.6 is 0 Å². The summed E-state index contributed by atoms with van der Waals surface area (Å²) in [6.45, 7) is 0.592. The van der Waals surface area contributed by atoms with Crippen molar-refractivity contribution in [2.45, 2.75) is 19.3 Å². The highest BCUT2D eigenvalue weighted by Gasteiger charge is 2.24. The number of amides is 1. The van der Waals surface area contributed by atoms with Crippen LogP contribution in [0.4, 0.5) is 5.69 Å². The van der Waals surface area contributed by atoms with Gasteiger partial charge in [-0.1, -0.05) is 53.7 Å². The van der Waals surface area contributed by atoms with Gasteiger partial charge < -0.3 is 15.5 Å². The van der Waals surface area contributed by atoms with Crippen LogP contribution in [-0.4, -0.2) is 24.9 Å². The molecule has 0 aliphatic carbocycles. The summed E-state index contributed by atoms with van der Waals surface area (Å²) in [5.74, 6) is 0.299. The van der Waals surface area contributed by atoms with Crippen LogP contribution in [0.1, 0.15) is 17.5 Å². The minimum absolute atomic E-state index is 0.0969. The number of benzene rings is 2. The van der Waals surface area contributed by atoms with Gasteiger partial charge in [-0.3, -0.25) is 4.79 Å². The van der Waals surface area contributed by atoms with Crippen molar-refractivity contribution in [3.63, 3.8) is 0 Å². The first-order valence-electron chi connectivity index (χ1n) is 8.10. The number of carbonyl (C=O) groups is 1. The molecule has 24 heavy (non-hydrogen) atoms. The quantitative estimate of drug-likeness (QED) is 0.504. The number of nitrogens with zero attached hydrogens (tertiary/aromatic N) is 2. The predicted octanol–water partition coefficient (Wildman–Crippen LogP) is 2.50. The van der Waals surface area contributed by atoms with Gasteiger partial charge in [0, 0.05) is 18.7 Å². The Labute approximate surface area is 141 Å². The first-order valence-corrected chi connectivity index (χ1v) is 8.10. The maximum atomic E-state index is 12.3. The van der Waals surface area contributed by atoms with Gasteiger partial charge in [0.15, 0.2) is 6.61 Å². The van der Waals surface area contributed by atoms with Crippen LogP contribution in [0.5, 0.6) is 0 Å². The van der Waals surface area contributed by atoms with E-state index in [0.717, 1.165) is 18.5 Å². The van der Waals surface area contributed by atoms with E-state index in [1.807, 2.05) is 54.6 Å². The largest absolute Gasteiger partial charge is 0.384 e. The highest BCUT2D eigenvalue weighted by molar-refractivity contribution is 5.96. The maximum absolute atomic E-state index is 12.3. The van der Waals surface area contributed by atoms with Crippen LogP contribution < -0.4 is 10.6 Å². The van der Waals surface area contributed by atoms with Gasteiger partial charge in [-0.25, -0.2) is 0 Å². The summed E-state index contributed by atoms with van der Waals surface area (Å²) in [4.78, 5) is 19.1. The third-order valence-electron chi connectivity index (χ3n) is 4.07. The van der Waals surface area contributed by atoms with Crippen molar-refractivity contribution in [2.75, 3.05) is 18.1 Å². The van der Waals surface area contributed by atoms with Gasteiger partial charge in [0.05, 0.1) is 0 Å². The predicted molar refractivity (Wildman–Crippen MR) is 94.8 cm³/mol. The van der Waals surface area contributed by atoms with Crippen molar-refractivity contribution in [3.8, 4) is 0 Å². The second-order valence-electron chi connectivity index (χ2n) is 5.77. The summed E-state index contributed by atoms with van der Waals surface area (Å²) in [6, 6.07) is 18.0. The van der Waals surface area contributed by atoms with E-state index in [-0.39, 0.29) is 12.5 Å². The average Bonchev–Trinajstić information content (AvgIpc) is 3.05. The number of carbonyl (C=O) groups excluding carboxylic acids is 1. The molecular weight excluding hydrogens is 302 g/mol. The normalized spacial score (nSPS) is 13.7. The number of oxime groups is 1. The van der Waals surface area contributed by atoms with E-state index in [1.165, 1.54) is 11.1 Å². The van der Waals surface area contributed by atoms with Crippen LogP contribution in [0, 0.1) is 0 Å². The van der Waals surface area contributed by atoms with Gasteiger partial charge in [-0.15, -0.1) is 0 Å². The lowest BCUT2D eigenvalue weighted by atomic mass is 10.1. The smallest absolute Gasteiger partial charge is 0.267 e. The Morgan fingerprint density at radius 2 is 1.88 bits per heavy atom. The third kappa shape index (κ3) is 3.93. The summed E-state index contributed by atoms with van der Waals surface area (Å²) in [6.07, 6.45) is 2.28. The monoisotopic (exact) mass is 323 g/mol. The number of anilines is 1. The second kappa shape index (κ2) is 7.64. The number of para-hydroxylation sites is 1. The van der Waals surface area contributed by atoms with Crippen LogP contribution in [0.3, 0.4) is 0 Å². The highest BCUT2D eigenvalue weighted by Crippen LogP contribution is 2.27. The lowest BCUT2D eigenvalue weighted by molar-refractivity contribution is -0.123. The molecule has 0 unspecified atom stereocenters. The number of hydrogen-bond donors (Lipinski definition) is 1. The summed E-state index contributed by atoms with van der Waals surface area (Å²) in [5, 5.41) is 3.85. The molecule has 0 aromatic heterocycles. The van der Waals surface area contributed by atoms with E-state index < -0.39 is 0 Å². The third-order valence-corrected chi connectivity index (χ3v) is 4.07.